The van der Waals surface area contributed by atoms with E-state index in [1.54, 1.807) is 0 Å². The fourth-order valence-electron chi connectivity index (χ4n) is 2.44. The van der Waals surface area contributed by atoms with Crippen LogP contribution < -0.4 is 0 Å². The number of ether oxygens (including phenoxy) is 1. The van der Waals surface area contributed by atoms with Crippen LogP contribution in [0.3, 0.4) is 0 Å². The van der Waals surface area contributed by atoms with Crippen LogP contribution in [0.1, 0.15) is 46.5 Å². The highest BCUT2D eigenvalue weighted by Gasteiger charge is 2.42. The Balaban J connectivity index is 2.78. The second-order valence-corrected chi connectivity index (χ2v) is 6.48. The summed E-state index contributed by atoms with van der Waals surface area (Å²) in [6, 6.07) is 0. The molecule has 1 aliphatic carbocycles. The third-order valence-electron chi connectivity index (χ3n) is 3.07. The second kappa shape index (κ2) is 7.52. The minimum absolute atomic E-state index is 0.0256. The lowest BCUT2D eigenvalue weighted by atomic mass is 9.97. The van der Waals surface area contributed by atoms with Crippen LogP contribution in [-0.4, -0.2) is 31.6 Å². The first-order valence-corrected chi connectivity index (χ1v) is 8.29. The van der Waals surface area contributed by atoms with Crippen molar-refractivity contribution in [1.82, 2.24) is 0 Å². The number of rotatable bonds is 7. The Hall–Kier alpha value is 0.110. The number of hydrogen-bond donors (Lipinski definition) is 0. The molecule has 0 aliphatic heterocycles. The molecule has 17 heavy (non-hydrogen) atoms. The molecule has 0 amide bonds. The first kappa shape index (κ1) is 15.2. The van der Waals surface area contributed by atoms with E-state index < -0.39 is 7.60 Å². The van der Waals surface area contributed by atoms with Gasteiger partial charge in [0.25, 0.3) is 0 Å². The molecule has 0 radical (unpaired) electrons. The molecule has 1 saturated carbocycles. The predicted octanol–water partition coefficient (Wildman–Crippen LogP) is 3.60. The Morgan fingerprint density at radius 2 is 1.59 bits per heavy atom. The summed E-state index contributed by atoms with van der Waals surface area (Å²) in [4.78, 5) is 0. The molecule has 102 valence electrons. The zero-order valence-corrected chi connectivity index (χ0v) is 12.1. The van der Waals surface area contributed by atoms with E-state index in [0.29, 0.717) is 19.8 Å². The molecule has 0 saturated heterocycles. The normalized spacial score (nSPS) is 26.1. The lowest BCUT2D eigenvalue weighted by molar-refractivity contribution is 0.0302. The zero-order chi connectivity index (χ0) is 12.7. The standard InChI is InChI=1S/C12H25O4P/c1-4-14-11-9-7-8-10-12(11)17(13,15-5-2)16-6-3/h11-12H,4-10H2,1-3H3/t11-,12+/m1/s1. The first-order valence-electron chi connectivity index (χ1n) is 6.68. The van der Waals surface area contributed by atoms with Gasteiger partial charge in [0.1, 0.15) is 0 Å². The third-order valence-corrected chi connectivity index (χ3v) is 5.71. The van der Waals surface area contributed by atoms with E-state index in [2.05, 4.69) is 0 Å². The predicted molar refractivity (Wildman–Crippen MR) is 68.5 cm³/mol. The van der Waals surface area contributed by atoms with E-state index in [4.69, 9.17) is 13.8 Å². The SMILES string of the molecule is CCO[C@@H]1CCCC[C@@H]1P(=O)(OCC)OCC. The maximum atomic E-state index is 12.7. The molecular weight excluding hydrogens is 239 g/mol. The van der Waals surface area contributed by atoms with Crippen molar-refractivity contribution in [2.24, 2.45) is 0 Å². The van der Waals surface area contributed by atoms with E-state index >= 15 is 0 Å². The molecule has 1 fully saturated rings. The lowest BCUT2D eigenvalue weighted by Crippen LogP contribution is -2.33. The fourth-order valence-corrected chi connectivity index (χ4v) is 4.75. The van der Waals surface area contributed by atoms with Gasteiger partial charge in [0.15, 0.2) is 0 Å². The Morgan fingerprint density at radius 1 is 1.00 bits per heavy atom. The van der Waals surface area contributed by atoms with Crippen molar-refractivity contribution < 1.29 is 18.3 Å². The van der Waals surface area contributed by atoms with Gasteiger partial charge in [-0.25, -0.2) is 0 Å². The largest absolute Gasteiger partial charge is 0.378 e. The van der Waals surface area contributed by atoms with E-state index in [-0.39, 0.29) is 11.8 Å². The summed E-state index contributed by atoms with van der Waals surface area (Å²) in [5.74, 6) is 0. The van der Waals surface area contributed by atoms with Crippen LogP contribution >= 0.6 is 7.60 Å². The highest BCUT2D eigenvalue weighted by Crippen LogP contribution is 2.57. The Bertz CT molecular complexity index is 245. The van der Waals surface area contributed by atoms with Crippen LogP contribution in [0, 0.1) is 0 Å². The van der Waals surface area contributed by atoms with Crippen molar-refractivity contribution in [2.45, 2.75) is 58.2 Å². The molecule has 0 aromatic carbocycles. The van der Waals surface area contributed by atoms with Crippen molar-refractivity contribution in [2.75, 3.05) is 19.8 Å². The summed E-state index contributed by atoms with van der Waals surface area (Å²) in [6.45, 7) is 7.17. The minimum Gasteiger partial charge on any atom is -0.378 e. The van der Waals surface area contributed by atoms with Crippen LogP contribution in [0.5, 0.6) is 0 Å². The topological polar surface area (TPSA) is 44.8 Å². The minimum atomic E-state index is -3.01. The zero-order valence-electron chi connectivity index (χ0n) is 11.2. The summed E-state index contributed by atoms with van der Waals surface area (Å²) in [5, 5.41) is 0. The molecule has 0 unspecified atom stereocenters. The molecule has 5 heteroatoms. The van der Waals surface area contributed by atoms with Gasteiger partial charge in [-0.1, -0.05) is 12.8 Å². The van der Waals surface area contributed by atoms with Crippen molar-refractivity contribution in [1.29, 1.82) is 0 Å². The van der Waals surface area contributed by atoms with Crippen LogP contribution in [-0.2, 0) is 18.3 Å². The van der Waals surface area contributed by atoms with Gasteiger partial charge < -0.3 is 13.8 Å². The summed E-state index contributed by atoms with van der Waals surface area (Å²) < 4.78 is 29.3. The molecule has 1 rings (SSSR count). The van der Waals surface area contributed by atoms with Gasteiger partial charge in [0.05, 0.1) is 25.0 Å². The lowest BCUT2D eigenvalue weighted by Gasteiger charge is -2.35. The highest BCUT2D eigenvalue weighted by molar-refractivity contribution is 7.54. The van der Waals surface area contributed by atoms with Gasteiger partial charge in [-0.3, -0.25) is 4.57 Å². The Morgan fingerprint density at radius 3 is 2.12 bits per heavy atom. The van der Waals surface area contributed by atoms with E-state index in [1.165, 1.54) is 0 Å². The molecule has 0 bridgehead atoms. The molecule has 0 spiro atoms. The third kappa shape index (κ3) is 4.06. The number of hydrogen-bond acceptors (Lipinski definition) is 4. The average molecular weight is 264 g/mol. The van der Waals surface area contributed by atoms with E-state index in [1.807, 2.05) is 20.8 Å². The molecule has 0 heterocycles. The van der Waals surface area contributed by atoms with Crippen molar-refractivity contribution in [3.05, 3.63) is 0 Å². The van der Waals surface area contributed by atoms with Gasteiger partial charge in [0, 0.05) is 6.61 Å². The molecule has 0 aromatic rings. The van der Waals surface area contributed by atoms with E-state index in [0.717, 1.165) is 25.7 Å². The fraction of sp³-hybridized carbons (Fsp3) is 1.00. The average Bonchev–Trinajstić information content (AvgIpc) is 2.31. The highest BCUT2D eigenvalue weighted by atomic mass is 31.2. The maximum Gasteiger partial charge on any atom is 0.336 e. The molecule has 1 aliphatic rings. The quantitative estimate of drug-likeness (QED) is 0.659. The molecule has 0 aromatic heterocycles. The van der Waals surface area contributed by atoms with Crippen LogP contribution in [0.4, 0.5) is 0 Å². The van der Waals surface area contributed by atoms with Gasteiger partial charge in [0.2, 0.25) is 0 Å². The summed E-state index contributed by atoms with van der Waals surface area (Å²) in [6.07, 6.45) is 4.08. The van der Waals surface area contributed by atoms with Gasteiger partial charge in [-0.05, 0) is 33.6 Å². The first-order chi connectivity index (χ1) is 8.18. The summed E-state index contributed by atoms with van der Waals surface area (Å²) >= 11 is 0. The van der Waals surface area contributed by atoms with Gasteiger partial charge in [-0.15, -0.1) is 0 Å². The summed E-state index contributed by atoms with van der Waals surface area (Å²) in [7, 11) is -3.01. The Labute approximate surface area is 105 Å². The molecule has 4 nitrogen and oxygen atoms in total. The molecule has 2 atom stereocenters. The maximum absolute atomic E-state index is 12.7. The monoisotopic (exact) mass is 264 g/mol. The van der Waals surface area contributed by atoms with Crippen LogP contribution in [0.15, 0.2) is 0 Å². The van der Waals surface area contributed by atoms with Crippen molar-refractivity contribution in [3.8, 4) is 0 Å². The second-order valence-electron chi connectivity index (χ2n) is 4.22. The van der Waals surface area contributed by atoms with Gasteiger partial charge in [-0.2, -0.15) is 0 Å². The van der Waals surface area contributed by atoms with Crippen LogP contribution in [0.25, 0.3) is 0 Å². The van der Waals surface area contributed by atoms with Crippen molar-refractivity contribution in [3.63, 3.8) is 0 Å². The van der Waals surface area contributed by atoms with Crippen LogP contribution in [0.2, 0.25) is 0 Å². The van der Waals surface area contributed by atoms with Crippen molar-refractivity contribution >= 4 is 7.60 Å². The van der Waals surface area contributed by atoms with Gasteiger partial charge >= 0.3 is 7.60 Å². The van der Waals surface area contributed by atoms with E-state index in [9.17, 15) is 4.57 Å². The molecule has 0 N–H and O–H groups in total. The molecular formula is C12H25O4P. The smallest absolute Gasteiger partial charge is 0.336 e. The summed E-state index contributed by atoms with van der Waals surface area (Å²) in [5.41, 5.74) is -0.0869. The Kier molecular flexibility index (Phi) is 6.71.